The van der Waals surface area contributed by atoms with Crippen molar-refractivity contribution in [1.82, 2.24) is 0 Å². The monoisotopic (exact) mass is 276 g/mol. The van der Waals surface area contributed by atoms with E-state index in [-0.39, 0.29) is 17.8 Å². The zero-order chi connectivity index (χ0) is 14.8. The quantitative estimate of drug-likeness (QED) is 0.437. The Labute approximate surface area is 121 Å². The first-order valence-corrected chi connectivity index (χ1v) is 7.34. The maximum absolute atomic E-state index is 11.7. The van der Waals surface area contributed by atoms with Crippen molar-refractivity contribution in [1.29, 1.82) is 0 Å². The molecule has 0 amide bonds. The Morgan fingerprint density at radius 3 is 2.70 bits per heavy atom. The molecule has 0 aliphatic rings. The van der Waals surface area contributed by atoms with Crippen LogP contribution in [0.2, 0.25) is 0 Å². The second-order valence-electron chi connectivity index (χ2n) is 4.86. The van der Waals surface area contributed by atoms with Crippen molar-refractivity contribution in [2.45, 2.75) is 52.1 Å². The lowest BCUT2D eigenvalue weighted by molar-refractivity contribution is -0.143. The lowest BCUT2D eigenvalue weighted by Crippen LogP contribution is -2.15. The lowest BCUT2D eigenvalue weighted by Gasteiger charge is -2.14. The number of ether oxygens (including phenoxy) is 1. The summed E-state index contributed by atoms with van der Waals surface area (Å²) in [5, 5.41) is 9.59. The van der Waals surface area contributed by atoms with E-state index in [1.165, 1.54) is 12.5 Å². The summed E-state index contributed by atoms with van der Waals surface area (Å²) in [6.45, 7) is 4.18. The maximum Gasteiger partial charge on any atom is 0.331 e. The van der Waals surface area contributed by atoms with Gasteiger partial charge in [-0.25, -0.2) is 4.79 Å². The summed E-state index contributed by atoms with van der Waals surface area (Å²) >= 11 is 0. The fourth-order valence-corrected chi connectivity index (χ4v) is 1.96. The smallest absolute Gasteiger partial charge is 0.331 e. The molecule has 0 heterocycles. The molecule has 3 nitrogen and oxygen atoms in total. The van der Waals surface area contributed by atoms with E-state index < -0.39 is 0 Å². The topological polar surface area (TPSA) is 46.5 Å². The number of phenols is 1. The molecule has 3 heteroatoms. The normalized spacial score (nSPS) is 12.5. The molecule has 0 aliphatic carbocycles. The molecule has 0 spiro atoms. The Hall–Kier alpha value is -1.77. The summed E-state index contributed by atoms with van der Waals surface area (Å²) in [6.07, 6.45) is 8.11. The predicted molar refractivity (Wildman–Crippen MR) is 81.5 cm³/mol. The highest BCUT2D eigenvalue weighted by molar-refractivity contribution is 5.87. The second kappa shape index (κ2) is 9.18. The number of esters is 1. The molecule has 0 saturated heterocycles. The molecule has 1 rings (SSSR count). The van der Waals surface area contributed by atoms with Crippen LogP contribution in [0.1, 0.15) is 51.5 Å². The fourth-order valence-electron chi connectivity index (χ4n) is 1.96. The summed E-state index contributed by atoms with van der Waals surface area (Å²) in [7, 11) is 0. The van der Waals surface area contributed by atoms with E-state index in [4.69, 9.17) is 4.74 Å². The SMILES string of the molecule is CCCCCC(CC)OC(=O)/C=C/c1ccccc1O. The largest absolute Gasteiger partial charge is 0.507 e. The van der Waals surface area contributed by atoms with Crippen LogP contribution in [0.3, 0.4) is 0 Å². The summed E-state index contributed by atoms with van der Waals surface area (Å²) in [5.41, 5.74) is 0.614. The van der Waals surface area contributed by atoms with Crippen LogP contribution in [0.4, 0.5) is 0 Å². The van der Waals surface area contributed by atoms with Gasteiger partial charge in [-0.3, -0.25) is 0 Å². The van der Waals surface area contributed by atoms with E-state index in [2.05, 4.69) is 6.92 Å². The molecule has 20 heavy (non-hydrogen) atoms. The zero-order valence-electron chi connectivity index (χ0n) is 12.3. The minimum absolute atomic E-state index is 0.0110. The Balaban J connectivity index is 2.47. The van der Waals surface area contributed by atoms with E-state index in [9.17, 15) is 9.90 Å². The Morgan fingerprint density at radius 1 is 1.30 bits per heavy atom. The van der Waals surface area contributed by atoms with Crippen LogP contribution in [-0.2, 0) is 9.53 Å². The van der Waals surface area contributed by atoms with Crippen LogP contribution < -0.4 is 0 Å². The van der Waals surface area contributed by atoms with E-state index >= 15 is 0 Å². The standard InChI is InChI=1S/C17H24O3/c1-3-5-6-10-15(4-2)20-17(19)13-12-14-9-7-8-11-16(14)18/h7-9,11-13,15,18H,3-6,10H2,1-2H3/b13-12+. The van der Waals surface area contributed by atoms with Gasteiger partial charge in [-0.2, -0.15) is 0 Å². The van der Waals surface area contributed by atoms with Crippen LogP contribution >= 0.6 is 0 Å². The lowest BCUT2D eigenvalue weighted by atomic mass is 10.1. The fraction of sp³-hybridized carbons (Fsp3) is 0.471. The average molecular weight is 276 g/mol. The summed E-state index contributed by atoms with van der Waals surface area (Å²) in [5.74, 6) is -0.192. The molecule has 0 aliphatic heterocycles. The highest BCUT2D eigenvalue weighted by atomic mass is 16.5. The number of rotatable bonds is 8. The van der Waals surface area contributed by atoms with Gasteiger partial charge in [0.15, 0.2) is 0 Å². The van der Waals surface area contributed by atoms with Crippen molar-refractivity contribution < 1.29 is 14.6 Å². The number of carbonyl (C=O) groups is 1. The summed E-state index contributed by atoms with van der Waals surface area (Å²) in [4.78, 5) is 11.7. The number of unbranched alkanes of at least 4 members (excludes halogenated alkanes) is 2. The molecule has 0 radical (unpaired) electrons. The molecular formula is C17H24O3. The van der Waals surface area contributed by atoms with Crippen LogP contribution in [0.25, 0.3) is 6.08 Å². The van der Waals surface area contributed by atoms with Crippen molar-refractivity contribution in [2.75, 3.05) is 0 Å². The molecule has 0 aromatic heterocycles. The van der Waals surface area contributed by atoms with Crippen molar-refractivity contribution in [2.24, 2.45) is 0 Å². The van der Waals surface area contributed by atoms with Gasteiger partial charge < -0.3 is 9.84 Å². The molecule has 1 unspecified atom stereocenters. The number of hydrogen-bond acceptors (Lipinski definition) is 3. The van der Waals surface area contributed by atoms with E-state index in [0.717, 1.165) is 25.7 Å². The summed E-state index contributed by atoms with van der Waals surface area (Å²) < 4.78 is 5.40. The molecule has 110 valence electrons. The van der Waals surface area contributed by atoms with Crippen LogP contribution in [0.15, 0.2) is 30.3 Å². The minimum atomic E-state index is -0.350. The molecular weight excluding hydrogens is 252 g/mol. The first kappa shape index (κ1) is 16.3. The van der Waals surface area contributed by atoms with Gasteiger partial charge in [0.05, 0.1) is 0 Å². The minimum Gasteiger partial charge on any atom is -0.507 e. The average Bonchev–Trinajstić information content (AvgIpc) is 2.45. The second-order valence-corrected chi connectivity index (χ2v) is 4.86. The van der Waals surface area contributed by atoms with E-state index in [1.807, 2.05) is 13.0 Å². The highest BCUT2D eigenvalue weighted by Crippen LogP contribution is 2.17. The van der Waals surface area contributed by atoms with Gasteiger partial charge in [0.2, 0.25) is 0 Å². The first-order valence-electron chi connectivity index (χ1n) is 7.34. The Kier molecular flexibility index (Phi) is 7.48. The van der Waals surface area contributed by atoms with Crippen LogP contribution in [0.5, 0.6) is 5.75 Å². The number of para-hydroxylation sites is 1. The number of benzene rings is 1. The van der Waals surface area contributed by atoms with E-state index in [1.54, 1.807) is 24.3 Å². The maximum atomic E-state index is 11.7. The Bertz CT molecular complexity index is 438. The predicted octanol–water partition coefficient (Wildman–Crippen LogP) is 4.31. The third kappa shape index (κ3) is 5.91. The molecule has 1 atom stereocenters. The number of aromatic hydroxyl groups is 1. The van der Waals surface area contributed by atoms with Gasteiger partial charge in [-0.05, 0) is 31.4 Å². The van der Waals surface area contributed by atoms with Crippen LogP contribution in [0, 0.1) is 0 Å². The van der Waals surface area contributed by atoms with Gasteiger partial charge in [0.1, 0.15) is 11.9 Å². The molecule has 0 bridgehead atoms. The van der Waals surface area contributed by atoms with Crippen molar-refractivity contribution >= 4 is 12.0 Å². The van der Waals surface area contributed by atoms with Gasteiger partial charge in [0, 0.05) is 11.6 Å². The number of phenolic OH excluding ortho intramolecular Hbond substituents is 1. The van der Waals surface area contributed by atoms with Crippen molar-refractivity contribution in [3.8, 4) is 5.75 Å². The van der Waals surface area contributed by atoms with Crippen molar-refractivity contribution in [3.05, 3.63) is 35.9 Å². The first-order chi connectivity index (χ1) is 9.67. The molecule has 0 fully saturated rings. The third-order valence-corrected chi connectivity index (χ3v) is 3.20. The van der Waals surface area contributed by atoms with Gasteiger partial charge in [0.25, 0.3) is 0 Å². The zero-order valence-corrected chi connectivity index (χ0v) is 12.3. The Morgan fingerprint density at radius 2 is 2.05 bits per heavy atom. The third-order valence-electron chi connectivity index (χ3n) is 3.20. The number of carbonyl (C=O) groups excluding carboxylic acids is 1. The van der Waals surface area contributed by atoms with Gasteiger partial charge >= 0.3 is 5.97 Å². The number of hydrogen-bond donors (Lipinski definition) is 1. The van der Waals surface area contributed by atoms with Gasteiger partial charge in [-0.15, -0.1) is 0 Å². The van der Waals surface area contributed by atoms with E-state index in [0.29, 0.717) is 5.56 Å². The van der Waals surface area contributed by atoms with Crippen LogP contribution in [-0.4, -0.2) is 17.2 Å². The molecule has 0 saturated carbocycles. The highest BCUT2D eigenvalue weighted by Gasteiger charge is 2.10. The van der Waals surface area contributed by atoms with Crippen molar-refractivity contribution in [3.63, 3.8) is 0 Å². The molecule has 1 aromatic carbocycles. The molecule has 1 aromatic rings. The summed E-state index contributed by atoms with van der Waals surface area (Å²) in [6, 6.07) is 6.89. The molecule has 1 N–H and O–H groups in total. The van der Waals surface area contributed by atoms with Gasteiger partial charge in [-0.1, -0.05) is 44.9 Å².